The quantitative estimate of drug-likeness (QED) is 0.350. The molecule has 0 heterocycles. The SMILES string of the molecule is CC#N.CC#N.CC#N.O=S(=O)([O-])[O-].[Cu+2]. The van der Waals surface area contributed by atoms with E-state index >= 15 is 0 Å². The van der Waals surface area contributed by atoms with Gasteiger partial charge in [-0.15, -0.1) is 0 Å². The Labute approximate surface area is 100.0 Å². The molecule has 0 atom stereocenters. The summed E-state index contributed by atoms with van der Waals surface area (Å²) in [7, 11) is -5.17. The zero-order valence-corrected chi connectivity index (χ0v) is 9.94. The minimum atomic E-state index is -5.17. The molecule has 0 aliphatic rings. The van der Waals surface area contributed by atoms with Crippen LogP contribution >= 0.6 is 0 Å². The van der Waals surface area contributed by atoms with Gasteiger partial charge in [-0.05, 0) is 0 Å². The number of hydrogen-bond donors (Lipinski definition) is 0. The van der Waals surface area contributed by atoms with Gasteiger partial charge in [-0.3, -0.25) is 8.42 Å². The molecule has 0 aromatic heterocycles. The second kappa shape index (κ2) is 29.3. The molecule has 0 N–H and O–H groups in total. The summed E-state index contributed by atoms with van der Waals surface area (Å²) in [4.78, 5) is 0. The Kier molecular flexibility index (Phi) is 57.0. The Hall–Kier alpha value is -1.14. The van der Waals surface area contributed by atoms with E-state index in [1.165, 1.54) is 20.8 Å². The van der Waals surface area contributed by atoms with Gasteiger partial charge in [0.15, 0.2) is 0 Å². The number of nitrogens with zero attached hydrogens (tertiary/aromatic N) is 3. The summed E-state index contributed by atoms with van der Waals surface area (Å²) in [5, 5.41) is 22.0. The monoisotopic (exact) mass is 282 g/mol. The largest absolute Gasteiger partial charge is 2.00 e. The molecule has 0 saturated heterocycles. The molecule has 0 fully saturated rings. The molecule has 89 valence electrons. The minimum absolute atomic E-state index is 0. The molecule has 15 heavy (non-hydrogen) atoms. The average molecular weight is 283 g/mol. The van der Waals surface area contributed by atoms with Crippen LogP contribution in [0.15, 0.2) is 0 Å². The molecule has 0 bridgehead atoms. The maximum absolute atomic E-state index is 8.52. The Morgan fingerprint density at radius 3 is 0.867 bits per heavy atom. The van der Waals surface area contributed by atoms with Gasteiger partial charge in [-0.1, -0.05) is 0 Å². The maximum atomic E-state index is 8.52. The summed E-state index contributed by atoms with van der Waals surface area (Å²) in [6.07, 6.45) is 0. The van der Waals surface area contributed by atoms with Crippen molar-refractivity contribution in [1.29, 1.82) is 15.8 Å². The number of hydrogen-bond acceptors (Lipinski definition) is 7. The van der Waals surface area contributed by atoms with Crippen LogP contribution in [0.4, 0.5) is 0 Å². The average Bonchev–Trinajstić information content (AvgIpc) is 1.86. The Morgan fingerprint density at radius 1 is 0.867 bits per heavy atom. The predicted octanol–water partition coefficient (Wildman–Crippen LogP) is 0.249. The van der Waals surface area contributed by atoms with Crippen LogP contribution in [0.25, 0.3) is 0 Å². The Balaban J connectivity index is -0.0000000300. The molecule has 0 amide bonds. The molecular formula is C6H9CuN3O4S. The van der Waals surface area contributed by atoms with Gasteiger partial charge in [0.05, 0.1) is 18.2 Å². The first-order valence-corrected chi connectivity index (χ1v) is 4.17. The molecule has 0 aliphatic carbocycles. The zero-order chi connectivity index (χ0) is 12.6. The zero-order valence-electron chi connectivity index (χ0n) is 8.18. The van der Waals surface area contributed by atoms with Gasteiger partial charge in [-0.25, -0.2) is 0 Å². The van der Waals surface area contributed by atoms with Crippen molar-refractivity contribution in [3.05, 3.63) is 0 Å². The van der Waals surface area contributed by atoms with Crippen molar-refractivity contribution in [1.82, 2.24) is 0 Å². The van der Waals surface area contributed by atoms with Gasteiger partial charge >= 0.3 is 17.1 Å². The standard InChI is InChI=1S/3C2H3N.Cu.H2O4S/c3*1-2-3;;1-5(2,3)4/h3*1H3;;(H2,1,2,3,4)/q;;;+2;/p-2. The van der Waals surface area contributed by atoms with Gasteiger partial charge in [-0.2, -0.15) is 15.8 Å². The van der Waals surface area contributed by atoms with Crippen LogP contribution in [0.1, 0.15) is 20.8 Å². The molecule has 1 radical (unpaired) electrons. The molecule has 0 rings (SSSR count). The molecule has 7 nitrogen and oxygen atoms in total. The fourth-order valence-electron chi connectivity index (χ4n) is 0. The van der Waals surface area contributed by atoms with Gasteiger partial charge < -0.3 is 9.11 Å². The van der Waals surface area contributed by atoms with Crippen molar-refractivity contribution in [2.45, 2.75) is 20.8 Å². The number of nitriles is 3. The van der Waals surface area contributed by atoms with Crippen molar-refractivity contribution in [2.24, 2.45) is 0 Å². The molecule has 0 aliphatic heterocycles. The summed E-state index contributed by atoms with van der Waals surface area (Å²) in [5.74, 6) is 0. The summed E-state index contributed by atoms with van der Waals surface area (Å²) in [6.45, 7) is 4.29. The normalized spacial score (nSPS) is 5.47. The third-order valence-electron chi connectivity index (χ3n) is 0. The maximum Gasteiger partial charge on any atom is 2.00 e. The van der Waals surface area contributed by atoms with Crippen molar-refractivity contribution in [3.63, 3.8) is 0 Å². The minimum Gasteiger partial charge on any atom is -0.759 e. The molecule has 0 unspecified atom stereocenters. The van der Waals surface area contributed by atoms with Gasteiger partial charge in [0, 0.05) is 31.2 Å². The third-order valence-corrected chi connectivity index (χ3v) is 0. The van der Waals surface area contributed by atoms with Crippen LogP contribution in [0, 0.1) is 34.0 Å². The van der Waals surface area contributed by atoms with E-state index in [-0.39, 0.29) is 17.1 Å². The molecule has 0 spiro atoms. The van der Waals surface area contributed by atoms with E-state index in [2.05, 4.69) is 0 Å². The second-order valence-corrected chi connectivity index (χ2v) is 1.90. The second-order valence-electron chi connectivity index (χ2n) is 1.08. The molecular weight excluding hydrogens is 274 g/mol. The topological polar surface area (TPSA) is 152 Å². The van der Waals surface area contributed by atoms with Crippen molar-refractivity contribution < 1.29 is 34.6 Å². The van der Waals surface area contributed by atoms with E-state index < -0.39 is 10.4 Å². The molecule has 0 aromatic carbocycles. The Morgan fingerprint density at radius 2 is 0.867 bits per heavy atom. The molecule has 9 heteroatoms. The molecule has 0 saturated carbocycles. The van der Waals surface area contributed by atoms with Gasteiger partial charge in [0.2, 0.25) is 0 Å². The van der Waals surface area contributed by atoms with E-state index in [4.69, 9.17) is 33.3 Å². The van der Waals surface area contributed by atoms with Gasteiger partial charge in [0.25, 0.3) is 0 Å². The first-order valence-electron chi connectivity index (χ1n) is 2.84. The summed E-state index contributed by atoms with van der Waals surface area (Å²) >= 11 is 0. The van der Waals surface area contributed by atoms with E-state index in [0.717, 1.165) is 0 Å². The van der Waals surface area contributed by atoms with Crippen LogP contribution < -0.4 is 0 Å². The van der Waals surface area contributed by atoms with Crippen molar-refractivity contribution in [2.75, 3.05) is 0 Å². The van der Waals surface area contributed by atoms with Crippen LogP contribution in [0.3, 0.4) is 0 Å². The smallest absolute Gasteiger partial charge is 0.759 e. The Bertz CT molecular complexity index is 272. The summed E-state index contributed by atoms with van der Waals surface area (Å²) < 4.78 is 34.1. The van der Waals surface area contributed by atoms with Crippen molar-refractivity contribution >= 4 is 10.4 Å². The first kappa shape index (κ1) is 29.2. The fourth-order valence-corrected chi connectivity index (χ4v) is 0. The first-order chi connectivity index (χ1) is 6.24. The van der Waals surface area contributed by atoms with Crippen LogP contribution in [0.2, 0.25) is 0 Å². The third kappa shape index (κ3) is 1170. The predicted molar refractivity (Wildman–Crippen MR) is 44.3 cm³/mol. The van der Waals surface area contributed by atoms with Crippen LogP contribution in [-0.4, -0.2) is 17.5 Å². The van der Waals surface area contributed by atoms with E-state index in [1.54, 1.807) is 18.2 Å². The fraction of sp³-hybridized carbons (Fsp3) is 0.500. The molecule has 0 aromatic rings. The van der Waals surface area contributed by atoms with E-state index in [9.17, 15) is 0 Å². The van der Waals surface area contributed by atoms with Crippen LogP contribution in [0.5, 0.6) is 0 Å². The van der Waals surface area contributed by atoms with Crippen molar-refractivity contribution in [3.8, 4) is 18.2 Å². The summed E-state index contributed by atoms with van der Waals surface area (Å²) in [6, 6.07) is 5.25. The van der Waals surface area contributed by atoms with Gasteiger partial charge in [0.1, 0.15) is 0 Å². The van der Waals surface area contributed by atoms with Crippen LogP contribution in [-0.2, 0) is 27.5 Å². The van der Waals surface area contributed by atoms with E-state index in [1.807, 2.05) is 0 Å². The van der Waals surface area contributed by atoms with E-state index in [0.29, 0.717) is 0 Å². The number of rotatable bonds is 0. The summed E-state index contributed by atoms with van der Waals surface area (Å²) in [5.41, 5.74) is 0.